The number of carbonyl (C=O) groups excluding carboxylic acids is 1. The number of Topliss-reactive ketones (excluding diaryl/α,β-unsaturated/α-hetero) is 1. The van der Waals surface area contributed by atoms with Gasteiger partial charge in [-0.2, -0.15) is 5.26 Å². The first kappa shape index (κ1) is 14.8. The molecule has 106 valence electrons. The molecule has 0 radical (unpaired) electrons. The summed E-state index contributed by atoms with van der Waals surface area (Å²) in [5, 5.41) is 8.86. The van der Waals surface area contributed by atoms with E-state index in [2.05, 4.69) is 6.92 Å². The van der Waals surface area contributed by atoms with Crippen molar-refractivity contribution in [3.8, 4) is 11.8 Å². The summed E-state index contributed by atoms with van der Waals surface area (Å²) >= 11 is 0. The third kappa shape index (κ3) is 3.70. The van der Waals surface area contributed by atoms with E-state index in [1.165, 1.54) is 5.56 Å². The van der Waals surface area contributed by atoms with Crippen LogP contribution in [0.15, 0.2) is 48.5 Å². The summed E-state index contributed by atoms with van der Waals surface area (Å²) in [5.41, 5.74) is 2.34. The number of hydrogen-bond donors (Lipinski definition) is 0. The lowest BCUT2D eigenvalue weighted by Crippen LogP contribution is -2.23. The summed E-state index contributed by atoms with van der Waals surface area (Å²) in [5.74, 6) is 0.458. The number of ether oxygens (including phenoxy) is 1. The molecule has 2 rings (SSSR count). The van der Waals surface area contributed by atoms with E-state index in [-0.39, 0.29) is 5.78 Å². The predicted molar refractivity (Wildman–Crippen MR) is 81.4 cm³/mol. The minimum atomic E-state index is -0.591. The molecule has 3 nitrogen and oxygen atoms in total. The second kappa shape index (κ2) is 6.71. The van der Waals surface area contributed by atoms with E-state index >= 15 is 0 Å². The summed E-state index contributed by atoms with van der Waals surface area (Å²) in [6, 6.07) is 16.4. The lowest BCUT2D eigenvalue weighted by atomic mass is 10.0. The average Bonchev–Trinajstić information content (AvgIpc) is 2.54. The number of rotatable bonds is 5. The van der Waals surface area contributed by atoms with Gasteiger partial charge in [0.15, 0.2) is 6.10 Å². The first-order chi connectivity index (χ1) is 10.1. The van der Waals surface area contributed by atoms with Crippen molar-refractivity contribution >= 4 is 5.78 Å². The largest absolute Gasteiger partial charge is 0.483 e. The Morgan fingerprint density at radius 3 is 2.57 bits per heavy atom. The molecule has 0 N–H and O–H groups in total. The smallest absolute Gasteiger partial charge is 0.202 e. The van der Waals surface area contributed by atoms with Gasteiger partial charge in [-0.3, -0.25) is 4.79 Å². The molecule has 2 aromatic rings. The predicted octanol–water partition coefficient (Wildman–Crippen LogP) is 3.77. The first-order valence-electron chi connectivity index (χ1n) is 6.94. The molecule has 2 aromatic carbocycles. The quantitative estimate of drug-likeness (QED) is 0.783. The van der Waals surface area contributed by atoms with Crippen LogP contribution in [0, 0.1) is 11.3 Å². The van der Waals surface area contributed by atoms with Crippen LogP contribution in [0.3, 0.4) is 0 Å². The number of hydrogen-bond acceptors (Lipinski definition) is 3. The molecule has 3 heteroatoms. The molecule has 0 bridgehead atoms. The second-order valence-electron chi connectivity index (χ2n) is 4.81. The maximum absolute atomic E-state index is 12.3. The van der Waals surface area contributed by atoms with Crippen molar-refractivity contribution in [3.63, 3.8) is 0 Å². The molecule has 1 unspecified atom stereocenters. The molecule has 1 atom stereocenters. The number of nitrogens with zero attached hydrogens (tertiary/aromatic N) is 1. The molecule has 0 aliphatic rings. The van der Waals surface area contributed by atoms with Crippen molar-refractivity contribution in [2.45, 2.75) is 26.4 Å². The Morgan fingerprint density at radius 2 is 1.95 bits per heavy atom. The van der Waals surface area contributed by atoms with E-state index in [9.17, 15) is 4.79 Å². The standard InChI is InChI=1S/C18H17NO2/c1-3-14-7-9-16(10-8-14)18(20)13(2)21-17-6-4-5-15(11-17)12-19/h4-11,13H,3H2,1-2H3. The van der Waals surface area contributed by atoms with Crippen molar-refractivity contribution in [1.82, 2.24) is 0 Å². The second-order valence-corrected chi connectivity index (χ2v) is 4.81. The van der Waals surface area contributed by atoms with Gasteiger partial charge in [-0.1, -0.05) is 37.3 Å². The molecule has 0 spiro atoms. The molecule has 0 aromatic heterocycles. The Balaban J connectivity index is 2.09. The highest BCUT2D eigenvalue weighted by atomic mass is 16.5. The molecule has 0 aliphatic heterocycles. The third-order valence-corrected chi connectivity index (χ3v) is 3.29. The number of carbonyl (C=O) groups is 1. The van der Waals surface area contributed by atoms with Crippen molar-refractivity contribution in [2.24, 2.45) is 0 Å². The van der Waals surface area contributed by atoms with Crippen LogP contribution in [-0.2, 0) is 6.42 Å². The van der Waals surface area contributed by atoms with Crippen LogP contribution in [0.4, 0.5) is 0 Å². The molecule has 21 heavy (non-hydrogen) atoms. The molecule has 0 heterocycles. The highest BCUT2D eigenvalue weighted by Crippen LogP contribution is 2.16. The summed E-state index contributed by atoms with van der Waals surface area (Å²) in [7, 11) is 0. The van der Waals surface area contributed by atoms with E-state index in [0.717, 1.165) is 6.42 Å². The maximum atomic E-state index is 12.3. The van der Waals surface area contributed by atoms with Gasteiger partial charge < -0.3 is 4.74 Å². The molecule has 0 fully saturated rings. The minimum Gasteiger partial charge on any atom is -0.483 e. The summed E-state index contributed by atoms with van der Waals surface area (Å²) in [4.78, 5) is 12.3. The van der Waals surface area contributed by atoms with Crippen molar-refractivity contribution < 1.29 is 9.53 Å². The van der Waals surface area contributed by atoms with Gasteiger partial charge in [0.25, 0.3) is 0 Å². The maximum Gasteiger partial charge on any atom is 0.202 e. The summed E-state index contributed by atoms with van der Waals surface area (Å²) in [6.07, 6.45) is 0.355. The Hall–Kier alpha value is -2.60. The highest BCUT2D eigenvalue weighted by Gasteiger charge is 2.16. The van der Waals surface area contributed by atoms with Gasteiger partial charge in [-0.05, 0) is 37.1 Å². The van der Waals surface area contributed by atoms with Crippen LogP contribution in [-0.4, -0.2) is 11.9 Å². The zero-order chi connectivity index (χ0) is 15.2. The fourth-order valence-corrected chi connectivity index (χ4v) is 2.04. The summed E-state index contributed by atoms with van der Waals surface area (Å²) < 4.78 is 5.63. The van der Waals surface area contributed by atoms with Crippen LogP contribution in [0.25, 0.3) is 0 Å². The molecular weight excluding hydrogens is 262 g/mol. The Kier molecular flexibility index (Phi) is 4.73. The Labute approximate surface area is 124 Å². The fourth-order valence-electron chi connectivity index (χ4n) is 2.04. The van der Waals surface area contributed by atoms with Gasteiger partial charge >= 0.3 is 0 Å². The van der Waals surface area contributed by atoms with Gasteiger partial charge in [0, 0.05) is 5.56 Å². The van der Waals surface area contributed by atoms with Crippen LogP contribution < -0.4 is 4.74 Å². The average molecular weight is 279 g/mol. The van der Waals surface area contributed by atoms with Crippen molar-refractivity contribution in [2.75, 3.05) is 0 Å². The molecule has 0 aliphatic carbocycles. The van der Waals surface area contributed by atoms with E-state index in [4.69, 9.17) is 10.00 Å². The first-order valence-corrected chi connectivity index (χ1v) is 6.94. The monoisotopic (exact) mass is 279 g/mol. The minimum absolute atomic E-state index is 0.0694. The normalized spacial score (nSPS) is 11.5. The van der Waals surface area contributed by atoms with Crippen LogP contribution in [0.5, 0.6) is 5.75 Å². The molecule has 0 saturated carbocycles. The van der Waals surface area contributed by atoms with E-state index in [1.54, 1.807) is 31.2 Å². The van der Waals surface area contributed by atoms with E-state index in [0.29, 0.717) is 16.9 Å². The topological polar surface area (TPSA) is 50.1 Å². The highest BCUT2D eigenvalue weighted by molar-refractivity contribution is 5.99. The molecular formula is C18H17NO2. The van der Waals surface area contributed by atoms with Gasteiger partial charge in [0.2, 0.25) is 5.78 Å². The third-order valence-electron chi connectivity index (χ3n) is 3.29. The van der Waals surface area contributed by atoms with Gasteiger partial charge in [-0.25, -0.2) is 0 Å². The number of nitriles is 1. The lowest BCUT2D eigenvalue weighted by molar-refractivity contribution is 0.0818. The lowest BCUT2D eigenvalue weighted by Gasteiger charge is -2.14. The van der Waals surface area contributed by atoms with Crippen molar-refractivity contribution in [3.05, 3.63) is 65.2 Å². The van der Waals surface area contributed by atoms with Crippen LogP contribution >= 0.6 is 0 Å². The van der Waals surface area contributed by atoms with Gasteiger partial charge in [-0.15, -0.1) is 0 Å². The Morgan fingerprint density at radius 1 is 1.24 bits per heavy atom. The Bertz CT molecular complexity index is 668. The van der Waals surface area contributed by atoms with E-state index < -0.39 is 6.10 Å². The SMILES string of the molecule is CCc1ccc(C(=O)C(C)Oc2cccc(C#N)c2)cc1. The van der Waals surface area contributed by atoms with Gasteiger partial charge in [0.05, 0.1) is 11.6 Å². The summed E-state index contributed by atoms with van der Waals surface area (Å²) in [6.45, 7) is 3.79. The number of benzene rings is 2. The van der Waals surface area contributed by atoms with Crippen LogP contribution in [0.1, 0.15) is 35.3 Å². The zero-order valence-electron chi connectivity index (χ0n) is 12.2. The van der Waals surface area contributed by atoms with Gasteiger partial charge in [0.1, 0.15) is 5.75 Å². The van der Waals surface area contributed by atoms with Crippen molar-refractivity contribution in [1.29, 1.82) is 5.26 Å². The molecule has 0 amide bonds. The van der Waals surface area contributed by atoms with E-state index in [1.807, 2.05) is 30.3 Å². The number of ketones is 1. The van der Waals surface area contributed by atoms with Crippen LogP contribution in [0.2, 0.25) is 0 Å². The number of aryl methyl sites for hydroxylation is 1. The zero-order valence-corrected chi connectivity index (χ0v) is 12.2. The molecule has 0 saturated heterocycles. The fraction of sp³-hybridized carbons (Fsp3) is 0.222.